The molecule has 0 spiro atoms. The van der Waals surface area contributed by atoms with Crippen molar-refractivity contribution in [2.75, 3.05) is 26.2 Å². The fourth-order valence-electron chi connectivity index (χ4n) is 1.56. The smallest absolute Gasteiger partial charge is 0.338 e. The van der Waals surface area contributed by atoms with Crippen LogP contribution in [0.2, 0.25) is 0 Å². The Morgan fingerprint density at radius 2 is 1.82 bits per heavy atom. The second kappa shape index (κ2) is 7.66. The van der Waals surface area contributed by atoms with Gasteiger partial charge in [-0.3, -0.25) is 0 Å². The first-order valence-electron chi connectivity index (χ1n) is 5.93. The largest absolute Gasteiger partial charge is 0.456 e. The number of rotatable bonds is 6. The van der Waals surface area contributed by atoms with Gasteiger partial charge < -0.3 is 9.64 Å². The summed E-state index contributed by atoms with van der Waals surface area (Å²) in [5, 5.41) is 0. The Kier molecular flexibility index (Phi) is 6.50. The normalized spacial score (nSPS) is 10.6. The lowest BCUT2D eigenvalue weighted by atomic mass is 10.2. The lowest BCUT2D eigenvalue weighted by molar-refractivity contribution is -0.896. The van der Waals surface area contributed by atoms with Crippen molar-refractivity contribution in [3.05, 3.63) is 33.4 Å². The summed E-state index contributed by atoms with van der Waals surface area (Å²) in [4.78, 5) is 13.1. The molecule has 0 bridgehead atoms. The van der Waals surface area contributed by atoms with Crippen molar-refractivity contribution in [2.24, 2.45) is 0 Å². The van der Waals surface area contributed by atoms with Gasteiger partial charge in [0.2, 0.25) is 0 Å². The summed E-state index contributed by atoms with van der Waals surface area (Å²) in [6.45, 7) is 7.78. The molecule has 3 nitrogen and oxygen atoms in total. The average Bonchev–Trinajstić information content (AvgIpc) is 2.35. The highest BCUT2D eigenvalue weighted by Crippen LogP contribution is 2.07. The number of carbonyl (C=O) groups excluding carboxylic acids is 1. The number of halogens is 1. The minimum atomic E-state index is -0.229. The number of esters is 1. The number of nitrogens with one attached hydrogen (secondary N) is 1. The van der Waals surface area contributed by atoms with Crippen molar-refractivity contribution in [1.82, 2.24) is 0 Å². The van der Waals surface area contributed by atoms with Gasteiger partial charge in [0.05, 0.1) is 18.7 Å². The molecule has 0 heterocycles. The molecule has 17 heavy (non-hydrogen) atoms. The van der Waals surface area contributed by atoms with E-state index < -0.39 is 0 Å². The van der Waals surface area contributed by atoms with Crippen LogP contribution in [0.1, 0.15) is 24.2 Å². The fourth-order valence-corrected chi connectivity index (χ4v) is 1.92. The number of quaternary nitrogens is 1. The van der Waals surface area contributed by atoms with Gasteiger partial charge in [-0.25, -0.2) is 4.79 Å². The van der Waals surface area contributed by atoms with E-state index in [0.717, 1.165) is 23.2 Å². The van der Waals surface area contributed by atoms with Crippen LogP contribution >= 0.6 is 22.6 Å². The zero-order valence-electron chi connectivity index (χ0n) is 10.3. The predicted molar refractivity (Wildman–Crippen MR) is 76.4 cm³/mol. The van der Waals surface area contributed by atoms with Gasteiger partial charge in [-0.15, -0.1) is 0 Å². The van der Waals surface area contributed by atoms with Crippen LogP contribution in [0.5, 0.6) is 0 Å². The van der Waals surface area contributed by atoms with E-state index in [1.54, 1.807) is 12.1 Å². The van der Waals surface area contributed by atoms with Crippen molar-refractivity contribution >= 4 is 28.6 Å². The van der Waals surface area contributed by atoms with Gasteiger partial charge in [-0.2, -0.15) is 0 Å². The van der Waals surface area contributed by atoms with Crippen molar-refractivity contribution in [1.29, 1.82) is 0 Å². The van der Waals surface area contributed by atoms with E-state index in [4.69, 9.17) is 4.74 Å². The highest BCUT2D eigenvalue weighted by Gasteiger charge is 2.08. The van der Waals surface area contributed by atoms with Crippen molar-refractivity contribution in [3.8, 4) is 0 Å². The summed E-state index contributed by atoms with van der Waals surface area (Å²) < 4.78 is 6.36. The summed E-state index contributed by atoms with van der Waals surface area (Å²) >= 11 is 2.21. The summed E-state index contributed by atoms with van der Waals surface area (Å²) in [5.74, 6) is -0.229. The summed E-state index contributed by atoms with van der Waals surface area (Å²) in [6, 6.07) is 7.42. The van der Waals surface area contributed by atoms with Gasteiger partial charge in [-0.1, -0.05) is 0 Å². The van der Waals surface area contributed by atoms with Crippen LogP contribution in [0.25, 0.3) is 0 Å². The molecule has 1 rings (SSSR count). The van der Waals surface area contributed by atoms with E-state index in [-0.39, 0.29) is 5.97 Å². The third-order valence-electron chi connectivity index (χ3n) is 2.77. The first-order chi connectivity index (χ1) is 8.17. The van der Waals surface area contributed by atoms with Crippen molar-refractivity contribution in [3.63, 3.8) is 0 Å². The number of benzene rings is 1. The summed E-state index contributed by atoms with van der Waals surface area (Å²) in [7, 11) is 0. The second-order valence-corrected chi connectivity index (χ2v) is 5.10. The van der Waals surface area contributed by atoms with Crippen molar-refractivity contribution < 1.29 is 14.4 Å². The molecule has 0 unspecified atom stereocenters. The monoisotopic (exact) mass is 348 g/mol. The van der Waals surface area contributed by atoms with Gasteiger partial charge in [0, 0.05) is 3.57 Å². The fraction of sp³-hybridized carbons (Fsp3) is 0.462. The minimum Gasteiger partial charge on any atom is -0.456 e. The molecule has 0 radical (unpaired) electrons. The quantitative estimate of drug-likeness (QED) is 0.622. The van der Waals surface area contributed by atoms with Gasteiger partial charge >= 0.3 is 5.97 Å². The number of ether oxygens (including phenoxy) is 1. The molecule has 94 valence electrons. The number of hydrogen-bond acceptors (Lipinski definition) is 2. The third kappa shape index (κ3) is 5.04. The molecule has 4 heteroatoms. The van der Waals surface area contributed by atoms with E-state index >= 15 is 0 Å². The lowest BCUT2D eigenvalue weighted by Crippen LogP contribution is -3.11. The number of likely N-dealkylation sites (N-methyl/N-ethyl adjacent to an activating group) is 1. The molecule has 0 aliphatic carbocycles. The molecule has 0 aliphatic heterocycles. The highest BCUT2D eigenvalue weighted by molar-refractivity contribution is 14.1. The molecule has 0 aromatic heterocycles. The molecule has 0 saturated carbocycles. The highest BCUT2D eigenvalue weighted by atomic mass is 127. The Morgan fingerprint density at radius 3 is 2.35 bits per heavy atom. The summed E-state index contributed by atoms with van der Waals surface area (Å²) in [5.41, 5.74) is 0.625. The first-order valence-corrected chi connectivity index (χ1v) is 7.01. The van der Waals surface area contributed by atoms with Crippen LogP contribution in [-0.4, -0.2) is 32.2 Å². The van der Waals surface area contributed by atoms with Gasteiger partial charge in [0.15, 0.2) is 0 Å². The average molecular weight is 348 g/mol. The van der Waals surface area contributed by atoms with E-state index in [2.05, 4.69) is 36.4 Å². The van der Waals surface area contributed by atoms with Gasteiger partial charge in [-0.05, 0) is 60.7 Å². The lowest BCUT2D eigenvalue weighted by Gasteiger charge is -2.14. The minimum absolute atomic E-state index is 0.229. The topological polar surface area (TPSA) is 30.7 Å². The van der Waals surface area contributed by atoms with E-state index in [9.17, 15) is 4.79 Å². The molecule has 0 aliphatic rings. The Morgan fingerprint density at radius 1 is 1.24 bits per heavy atom. The van der Waals surface area contributed by atoms with Crippen LogP contribution in [0, 0.1) is 3.57 Å². The predicted octanol–water partition coefficient (Wildman–Crippen LogP) is 1.37. The molecule has 0 amide bonds. The third-order valence-corrected chi connectivity index (χ3v) is 3.49. The molecule has 0 atom stereocenters. The maximum Gasteiger partial charge on any atom is 0.338 e. The summed E-state index contributed by atoms with van der Waals surface area (Å²) in [6.07, 6.45) is 0. The van der Waals surface area contributed by atoms with E-state index in [1.807, 2.05) is 12.1 Å². The van der Waals surface area contributed by atoms with Crippen molar-refractivity contribution in [2.45, 2.75) is 13.8 Å². The Balaban J connectivity index is 2.37. The molecule has 0 fully saturated rings. The zero-order chi connectivity index (χ0) is 12.7. The maximum atomic E-state index is 11.7. The van der Waals surface area contributed by atoms with Crippen LogP contribution in [-0.2, 0) is 4.74 Å². The Bertz CT molecular complexity index is 347. The second-order valence-electron chi connectivity index (χ2n) is 3.85. The first kappa shape index (κ1) is 14.4. The van der Waals surface area contributed by atoms with Crippen LogP contribution in [0.15, 0.2) is 24.3 Å². The Labute approximate surface area is 116 Å². The van der Waals surface area contributed by atoms with Crippen LogP contribution in [0.4, 0.5) is 0 Å². The maximum absolute atomic E-state index is 11.7. The standard InChI is InChI=1S/C13H18INO2/c1-3-15(4-2)9-10-17-13(16)11-5-7-12(14)8-6-11/h5-8H,3-4,9-10H2,1-2H3/p+1. The molecular weight excluding hydrogens is 329 g/mol. The van der Waals surface area contributed by atoms with Crippen LogP contribution < -0.4 is 4.90 Å². The van der Waals surface area contributed by atoms with Crippen LogP contribution in [0.3, 0.4) is 0 Å². The van der Waals surface area contributed by atoms with Gasteiger partial charge in [0.25, 0.3) is 0 Å². The number of hydrogen-bond donors (Lipinski definition) is 1. The zero-order valence-corrected chi connectivity index (χ0v) is 12.5. The molecule has 1 aromatic carbocycles. The Hall–Kier alpha value is -0.620. The number of carbonyl (C=O) groups is 1. The molecule has 0 saturated heterocycles. The van der Waals surface area contributed by atoms with Gasteiger partial charge in [0.1, 0.15) is 13.2 Å². The molecule has 1 N–H and O–H groups in total. The molecule has 1 aromatic rings. The SMILES string of the molecule is CC[NH+](CC)CCOC(=O)c1ccc(I)cc1. The van der Waals surface area contributed by atoms with E-state index in [0.29, 0.717) is 12.2 Å². The van der Waals surface area contributed by atoms with E-state index in [1.165, 1.54) is 4.90 Å². The molecular formula is C13H19INO2+.